The highest BCUT2D eigenvalue weighted by molar-refractivity contribution is 5.20. The fourth-order valence-electron chi connectivity index (χ4n) is 2.52. The van der Waals surface area contributed by atoms with Crippen molar-refractivity contribution in [1.82, 2.24) is 0 Å². The van der Waals surface area contributed by atoms with Crippen molar-refractivity contribution in [1.29, 1.82) is 0 Å². The molecular weight excluding hydrogens is 212 g/mol. The Bertz CT molecular complexity index is 324. The summed E-state index contributed by atoms with van der Waals surface area (Å²) in [5.74, 6) is 0.882. The van der Waals surface area contributed by atoms with Crippen LogP contribution in [0.5, 0.6) is 0 Å². The Morgan fingerprint density at radius 3 is 2.65 bits per heavy atom. The monoisotopic (exact) mass is 236 g/mol. The van der Waals surface area contributed by atoms with E-state index in [1.165, 1.54) is 0 Å². The van der Waals surface area contributed by atoms with Gasteiger partial charge >= 0.3 is 0 Å². The first-order chi connectivity index (χ1) is 7.87. The van der Waals surface area contributed by atoms with E-state index in [1.54, 1.807) is 0 Å². The first-order valence-electron chi connectivity index (χ1n) is 6.55. The summed E-state index contributed by atoms with van der Waals surface area (Å²) < 4.78 is 11.8. The number of hydrogen-bond acceptors (Lipinski definition) is 2. The molecule has 0 aromatic carbocycles. The molecule has 2 heterocycles. The van der Waals surface area contributed by atoms with Crippen molar-refractivity contribution in [3.05, 3.63) is 24.5 Å². The fourth-order valence-corrected chi connectivity index (χ4v) is 2.52. The number of rotatable bonds is 2. The first kappa shape index (κ1) is 12.7. The lowest BCUT2D eigenvalue weighted by Crippen LogP contribution is -2.29. The molecule has 2 saturated heterocycles. The highest BCUT2D eigenvalue weighted by Crippen LogP contribution is 2.39. The zero-order valence-corrected chi connectivity index (χ0v) is 11.3. The van der Waals surface area contributed by atoms with E-state index < -0.39 is 0 Å². The van der Waals surface area contributed by atoms with E-state index in [0.717, 1.165) is 37.0 Å². The Kier molecular flexibility index (Phi) is 3.35. The van der Waals surface area contributed by atoms with Gasteiger partial charge < -0.3 is 9.47 Å². The molecule has 17 heavy (non-hydrogen) atoms. The van der Waals surface area contributed by atoms with Crippen molar-refractivity contribution in [2.24, 2.45) is 5.41 Å². The molecule has 0 amide bonds. The lowest BCUT2D eigenvalue weighted by molar-refractivity contribution is -0.0312. The molecule has 0 aromatic rings. The molecule has 3 atom stereocenters. The minimum Gasteiger partial charge on any atom is -0.488 e. The Morgan fingerprint density at radius 1 is 1.29 bits per heavy atom. The molecule has 2 fully saturated rings. The predicted molar refractivity (Wildman–Crippen MR) is 69.7 cm³/mol. The van der Waals surface area contributed by atoms with Crippen LogP contribution in [0.1, 0.15) is 46.5 Å². The molecule has 0 N–H and O–H groups in total. The lowest BCUT2D eigenvalue weighted by atomic mass is 9.87. The molecule has 0 saturated carbocycles. The highest BCUT2D eigenvalue weighted by atomic mass is 16.6. The van der Waals surface area contributed by atoms with Gasteiger partial charge in [0.15, 0.2) is 0 Å². The van der Waals surface area contributed by atoms with E-state index in [1.807, 2.05) is 0 Å². The summed E-state index contributed by atoms with van der Waals surface area (Å²) in [7, 11) is 0. The van der Waals surface area contributed by atoms with Crippen LogP contribution in [0.4, 0.5) is 0 Å². The van der Waals surface area contributed by atoms with Crippen LogP contribution in [-0.4, -0.2) is 18.3 Å². The number of fused-ring (bicyclic) bond motifs is 1. The van der Waals surface area contributed by atoms with Crippen LogP contribution in [0.25, 0.3) is 0 Å². The van der Waals surface area contributed by atoms with Crippen LogP contribution >= 0.6 is 0 Å². The SMILES string of the molecule is C=C1CC[C@@H]2O[C@@H](CCC(C)(C)C)C(=C)[C@@H]2O1. The third kappa shape index (κ3) is 2.92. The average Bonchev–Trinajstić information content (AvgIpc) is 2.52. The molecule has 2 aliphatic heterocycles. The zero-order chi connectivity index (χ0) is 12.6. The standard InChI is InChI=1S/C15H24O2/c1-10-6-7-13-14(16-10)11(2)12(17-13)8-9-15(3,4)5/h12-14H,1-2,6-9H2,3-5H3/t12-,13-,14-/m0/s1. The number of ether oxygens (including phenoxy) is 2. The summed E-state index contributed by atoms with van der Waals surface area (Å²) in [5, 5.41) is 0. The summed E-state index contributed by atoms with van der Waals surface area (Å²) in [6, 6.07) is 0. The van der Waals surface area contributed by atoms with Gasteiger partial charge in [-0.25, -0.2) is 0 Å². The maximum Gasteiger partial charge on any atom is 0.148 e. The summed E-state index contributed by atoms with van der Waals surface area (Å²) in [5.41, 5.74) is 1.46. The summed E-state index contributed by atoms with van der Waals surface area (Å²) in [6.45, 7) is 14.8. The van der Waals surface area contributed by atoms with Gasteiger partial charge in [0, 0.05) is 6.42 Å². The Labute approximate surface area is 105 Å². The molecule has 0 spiro atoms. The molecule has 0 bridgehead atoms. The maximum atomic E-state index is 6.06. The second-order valence-corrected chi connectivity index (χ2v) is 6.45. The third-order valence-electron chi connectivity index (χ3n) is 3.61. The molecular formula is C15H24O2. The molecule has 96 valence electrons. The van der Waals surface area contributed by atoms with Crippen molar-refractivity contribution in [3.8, 4) is 0 Å². The second-order valence-electron chi connectivity index (χ2n) is 6.45. The minimum absolute atomic E-state index is 0.0567. The van der Waals surface area contributed by atoms with Crippen LogP contribution in [0, 0.1) is 5.41 Å². The van der Waals surface area contributed by atoms with Crippen LogP contribution in [0.2, 0.25) is 0 Å². The highest BCUT2D eigenvalue weighted by Gasteiger charge is 2.42. The number of hydrogen-bond donors (Lipinski definition) is 0. The van der Waals surface area contributed by atoms with E-state index in [-0.39, 0.29) is 18.3 Å². The van der Waals surface area contributed by atoms with Crippen molar-refractivity contribution in [3.63, 3.8) is 0 Å². The van der Waals surface area contributed by atoms with Crippen molar-refractivity contribution in [2.75, 3.05) is 0 Å². The topological polar surface area (TPSA) is 18.5 Å². The summed E-state index contributed by atoms with van der Waals surface area (Å²) in [6.07, 6.45) is 4.58. The molecule has 2 heteroatoms. The van der Waals surface area contributed by atoms with Gasteiger partial charge in [0.1, 0.15) is 6.10 Å². The predicted octanol–water partition coefficient (Wildman–Crippen LogP) is 3.83. The number of allylic oxidation sites excluding steroid dienone is 1. The van der Waals surface area contributed by atoms with Gasteiger partial charge in [-0.2, -0.15) is 0 Å². The van der Waals surface area contributed by atoms with Gasteiger partial charge in [0.05, 0.1) is 18.0 Å². The molecule has 0 aromatic heterocycles. The Hall–Kier alpha value is -0.760. The van der Waals surface area contributed by atoms with Gasteiger partial charge in [0.2, 0.25) is 0 Å². The molecule has 0 unspecified atom stereocenters. The maximum absolute atomic E-state index is 6.06. The molecule has 2 aliphatic rings. The van der Waals surface area contributed by atoms with Gasteiger partial charge in [-0.1, -0.05) is 33.9 Å². The van der Waals surface area contributed by atoms with E-state index in [9.17, 15) is 0 Å². The van der Waals surface area contributed by atoms with Crippen LogP contribution in [0.3, 0.4) is 0 Å². The quantitative estimate of drug-likeness (QED) is 0.678. The smallest absolute Gasteiger partial charge is 0.148 e. The van der Waals surface area contributed by atoms with Crippen LogP contribution in [-0.2, 0) is 9.47 Å². The van der Waals surface area contributed by atoms with Crippen LogP contribution < -0.4 is 0 Å². The van der Waals surface area contributed by atoms with E-state index in [2.05, 4.69) is 33.9 Å². The van der Waals surface area contributed by atoms with Gasteiger partial charge in [-0.15, -0.1) is 0 Å². The largest absolute Gasteiger partial charge is 0.488 e. The zero-order valence-electron chi connectivity index (χ0n) is 11.3. The van der Waals surface area contributed by atoms with Gasteiger partial charge in [-0.3, -0.25) is 0 Å². The normalized spacial score (nSPS) is 33.5. The molecule has 0 aliphatic carbocycles. The van der Waals surface area contributed by atoms with Crippen molar-refractivity contribution in [2.45, 2.75) is 64.8 Å². The van der Waals surface area contributed by atoms with Gasteiger partial charge in [-0.05, 0) is 30.3 Å². The van der Waals surface area contributed by atoms with Crippen molar-refractivity contribution >= 4 is 0 Å². The fraction of sp³-hybridized carbons (Fsp3) is 0.733. The van der Waals surface area contributed by atoms with Crippen molar-refractivity contribution < 1.29 is 9.47 Å². The van der Waals surface area contributed by atoms with Gasteiger partial charge in [0.25, 0.3) is 0 Å². The van der Waals surface area contributed by atoms with E-state index in [0.29, 0.717) is 5.41 Å². The van der Waals surface area contributed by atoms with E-state index in [4.69, 9.17) is 9.47 Å². The molecule has 2 rings (SSSR count). The second kappa shape index (κ2) is 4.49. The minimum atomic E-state index is 0.0567. The third-order valence-corrected chi connectivity index (χ3v) is 3.61. The summed E-state index contributed by atoms with van der Waals surface area (Å²) in [4.78, 5) is 0. The Morgan fingerprint density at radius 2 is 2.00 bits per heavy atom. The first-order valence-corrected chi connectivity index (χ1v) is 6.55. The molecule has 2 nitrogen and oxygen atoms in total. The molecule has 0 radical (unpaired) electrons. The Balaban J connectivity index is 1.94. The van der Waals surface area contributed by atoms with E-state index >= 15 is 0 Å². The van der Waals surface area contributed by atoms with Crippen LogP contribution in [0.15, 0.2) is 24.5 Å². The average molecular weight is 236 g/mol. The summed E-state index contributed by atoms with van der Waals surface area (Å²) >= 11 is 0. The lowest BCUT2D eigenvalue weighted by Gasteiger charge is -2.26.